The molecule has 0 amide bonds. The molecule has 0 heterocycles. The number of hydroxylamine groups is 1. The van der Waals surface area contributed by atoms with Gasteiger partial charge in [0.05, 0.1) is 6.42 Å². The molecule has 7 heteroatoms. The second-order valence-corrected chi connectivity index (χ2v) is 1.62. The van der Waals surface area contributed by atoms with Gasteiger partial charge in [0.15, 0.2) is 0 Å². The van der Waals surface area contributed by atoms with Crippen LogP contribution < -0.4 is 5.48 Å². The summed E-state index contributed by atoms with van der Waals surface area (Å²) in [6.45, 7) is 0. The molecule has 1 atom stereocenters. The van der Waals surface area contributed by atoms with E-state index in [0.717, 1.165) is 0 Å². The van der Waals surface area contributed by atoms with Gasteiger partial charge in [0, 0.05) is 0 Å². The van der Waals surface area contributed by atoms with Crippen LogP contribution in [-0.2, 0) is 9.59 Å². The van der Waals surface area contributed by atoms with Gasteiger partial charge in [-0.3, -0.25) is 9.59 Å². The molecule has 0 fully saturated rings. The number of hydrogen-bond donors (Lipinski definition) is 4. The number of carbonyl (C=O) groups is 2. The molecule has 0 unspecified atom stereocenters. The Hall–Kier alpha value is -0.140. The standard InChI is InChI=1S/C4H7NO5.Na.H/c6-3(7)1-2(5-10)4(8)9;;/h2,5,10H,1H2,(H,6,7)(H,8,9);;/t2-;;/m0../s1. The van der Waals surface area contributed by atoms with Gasteiger partial charge in [-0.05, 0) is 0 Å². The van der Waals surface area contributed by atoms with Gasteiger partial charge < -0.3 is 15.4 Å². The van der Waals surface area contributed by atoms with Gasteiger partial charge in [-0.25, -0.2) is 0 Å². The van der Waals surface area contributed by atoms with Crippen LogP contribution in [0, 0.1) is 0 Å². The Kier molecular flexibility index (Phi) is 8.02. The predicted octanol–water partition coefficient (Wildman–Crippen LogP) is -1.76. The molecule has 6 nitrogen and oxygen atoms in total. The van der Waals surface area contributed by atoms with Gasteiger partial charge in [-0.1, -0.05) is 0 Å². The molecule has 0 spiro atoms. The first-order valence-electron chi connectivity index (χ1n) is 2.42. The van der Waals surface area contributed by atoms with Gasteiger partial charge in [-0.15, -0.1) is 0 Å². The van der Waals surface area contributed by atoms with E-state index >= 15 is 0 Å². The quantitative estimate of drug-likeness (QED) is 0.296. The van der Waals surface area contributed by atoms with Gasteiger partial charge in [-0.2, -0.15) is 5.48 Å². The number of nitrogens with one attached hydrogen (secondary N) is 1. The van der Waals surface area contributed by atoms with E-state index in [1.807, 2.05) is 0 Å². The van der Waals surface area contributed by atoms with Crippen molar-refractivity contribution in [3.05, 3.63) is 0 Å². The van der Waals surface area contributed by atoms with Crippen molar-refractivity contribution in [2.45, 2.75) is 12.5 Å². The average molecular weight is 173 g/mol. The average Bonchev–Trinajstić information content (AvgIpc) is 1.81. The van der Waals surface area contributed by atoms with Gasteiger partial charge in [0.1, 0.15) is 6.04 Å². The number of hydrogen-bond acceptors (Lipinski definition) is 4. The maximum absolute atomic E-state index is 9.98. The molecule has 0 rings (SSSR count). The zero-order chi connectivity index (χ0) is 8.15. The molecule has 0 bridgehead atoms. The molecule has 11 heavy (non-hydrogen) atoms. The van der Waals surface area contributed by atoms with E-state index in [0.29, 0.717) is 0 Å². The summed E-state index contributed by atoms with van der Waals surface area (Å²) in [6.07, 6.45) is -0.647. The van der Waals surface area contributed by atoms with Crippen molar-refractivity contribution >= 4 is 41.5 Å². The monoisotopic (exact) mass is 173 g/mol. The van der Waals surface area contributed by atoms with E-state index < -0.39 is 24.4 Å². The molecule has 0 aliphatic rings. The van der Waals surface area contributed by atoms with Crippen molar-refractivity contribution in [2.24, 2.45) is 0 Å². The summed E-state index contributed by atoms with van der Waals surface area (Å²) in [5, 5.41) is 24.2. The van der Waals surface area contributed by atoms with Crippen molar-refractivity contribution in [1.82, 2.24) is 5.48 Å². The summed E-state index contributed by atoms with van der Waals surface area (Å²) >= 11 is 0. The van der Waals surface area contributed by atoms with Crippen LogP contribution in [-0.4, -0.2) is 63.0 Å². The summed E-state index contributed by atoms with van der Waals surface area (Å²) < 4.78 is 0. The summed E-state index contributed by atoms with van der Waals surface area (Å²) in [7, 11) is 0. The molecule has 0 aliphatic carbocycles. The second kappa shape index (κ2) is 6.56. The van der Waals surface area contributed by atoms with Gasteiger partial charge in [0.25, 0.3) is 0 Å². The Labute approximate surface area is 84.5 Å². The van der Waals surface area contributed by atoms with E-state index in [1.54, 1.807) is 0 Å². The summed E-state index contributed by atoms with van der Waals surface area (Å²) in [5.41, 5.74) is 1.35. The van der Waals surface area contributed by atoms with Crippen LogP contribution in [0.15, 0.2) is 0 Å². The molecule has 0 aliphatic heterocycles. The molecule has 0 aromatic carbocycles. The SMILES string of the molecule is O=C(O)C[C@H](NO)C(=O)O.[NaH]. The van der Waals surface area contributed by atoms with E-state index in [9.17, 15) is 9.59 Å². The Balaban J connectivity index is 0. The minimum atomic E-state index is -1.43. The van der Waals surface area contributed by atoms with E-state index in [1.165, 1.54) is 5.48 Å². The van der Waals surface area contributed by atoms with E-state index in [4.69, 9.17) is 15.4 Å². The van der Waals surface area contributed by atoms with Crippen molar-refractivity contribution < 1.29 is 25.0 Å². The van der Waals surface area contributed by atoms with Gasteiger partial charge in [0.2, 0.25) is 0 Å². The van der Waals surface area contributed by atoms with Crippen LogP contribution in [0.5, 0.6) is 0 Å². The maximum atomic E-state index is 9.98. The second-order valence-electron chi connectivity index (χ2n) is 1.62. The Morgan fingerprint density at radius 3 is 1.91 bits per heavy atom. The Bertz CT molecular complexity index is 149. The summed E-state index contributed by atoms with van der Waals surface area (Å²) in [6, 6.07) is -1.43. The van der Waals surface area contributed by atoms with Crippen molar-refractivity contribution in [3.8, 4) is 0 Å². The Morgan fingerprint density at radius 1 is 1.36 bits per heavy atom. The van der Waals surface area contributed by atoms with Crippen LogP contribution in [0.1, 0.15) is 6.42 Å². The van der Waals surface area contributed by atoms with Crippen LogP contribution in [0.3, 0.4) is 0 Å². The third-order valence-electron chi connectivity index (χ3n) is 0.833. The zero-order valence-corrected chi connectivity index (χ0v) is 4.94. The third kappa shape index (κ3) is 6.27. The molecule has 0 aromatic heterocycles. The van der Waals surface area contributed by atoms with Crippen LogP contribution in [0.25, 0.3) is 0 Å². The van der Waals surface area contributed by atoms with Crippen molar-refractivity contribution in [2.75, 3.05) is 0 Å². The van der Waals surface area contributed by atoms with E-state index in [2.05, 4.69) is 0 Å². The topological polar surface area (TPSA) is 107 Å². The minimum absolute atomic E-state index is 0. The molecule has 60 valence electrons. The molecule has 0 radical (unpaired) electrons. The van der Waals surface area contributed by atoms with Crippen LogP contribution in [0.4, 0.5) is 0 Å². The van der Waals surface area contributed by atoms with Crippen LogP contribution >= 0.6 is 0 Å². The first-order chi connectivity index (χ1) is 4.57. The normalized spacial score (nSPS) is 11.4. The molecule has 0 saturated carbocycles. The number of aliphatic carboxylic acids is 2. The molecule has 0 aromatic rings. The van der Waals surface area contributed by atoms with Crippen molar-refractivity contribution in [3.63, 3.8) is 0 Å². The fraction of sp³-hybridized carbons (Fsp3) is 0.500. The van der Waals surface area contributed by atoms with E-state index in [-0.39, 0.29) is 29.6 Å². The Morgan fingerprint density at radius 2 is 1.82 bits per heavy atom. The molecule has 4 N–H and O–H groups in total. The number of rotatable bonds is 4. The number of carboxylic acids is 2. The number of carboxylic acid groups (broad SMARTS) is 2. The summed E-state index contributed by atoms with van der Waals surface area (Å²) in [4.78, 5) is 19.8. The third-order valence-corrected chi connectivity index (χ3v) is 0.833. The summed E-state index contributed by atoms with van der Waals surface area (Å²) in [5.74, 6) is -2.68. The zero-order valence-electron chi connectivity index (χ0n) is 4.94. The van der Waals surface area contributed by atoms with Crippen LogP contribution in [0.2, 0.25) is 0 Å². The predicted molar refractivity (Wildman–Crippen MR) is 35.7 cm³/mol. The van der Waals surface area contributed by atoms with Gasteiger partial charge >= 0.3 is 41.5 Å². The first-order valence-corrected chi connectivity index (χ1v) is 2.42. The molecular weight excluding hydrogens is 165 g/mol. The molecular formula is C4H8NNaO5. The fourth-order valence-electron chi connectivity index (χ4n) is 0.363. The first kappa shape index (κ1) is 13.4. The molecule has 0 saturated heterocycles. The fourth-order valence-corrected chi connectivity index (χ4v) is 0.363. The van der Waals surface area contributed by atoms with Crippen molar-refractivity contribution in [1.29, 1.82) is 0 Å².